The van der Waals surface area contributed by atoms with Gasteiger partial charge in [0.25, 0.3) is 0 Å². The number of hydrogen-bond acceptors (Lipinski definition) is 4. The molecule has 0 bridgehead atoms. The van der Waals surface area contributed by atoms with E-state index in [1.165, 1.54) is 25.7 Å². The number of aromatic nitrogens is 3. The fourth-order valence-corrected chi connectivity index (χ4v) is 4.86. The molecule has 0 aliphatic heterocycles. The molecule has 1 saturated carbocycles. The third kappa shape index (κ3) is 3.81. The van der Waals surface area contributed by atoms with Gasteiger partial charge in [0, 0.05) is 18.4 Å². The maximum atomic E-state index is 11.5. The Balaban J connectivity index is 1.45. The van der Waals surface area contributed by atoms with Crippen LogP contribution in [0.25, 0.3) is 21.9 Å². The van der Waals surface area contributed by atoms with Gasteiger partial charge < -0.3 is 16.0 Å². The number of carbonyl (C=O) groups is 1. The maximum Gasteiger partial charge on any atom is 0.217 e. The molecule has 4 rings (SSSR count). The first-order chi connectivity index (χ1) is 13.6. The highest BCUT2D eigenvalue weighted by atomic mass is 16.1. The molecule has 6 nitrogen and oxygen atoms in total. The first-order valence-electron chi connectivity index (χ1n) is 10.4. The lowest BCUT2D eigenvalue weighted by Gasteiger charge is -2.22. The number of rotatable bonds is 8. The van der Waals surface area contributed by atoms with Crippen LogP contribution in [-0.2, 0) is 11.3 Å². The van der Waals surface area contributed by atoms with Crippen LogP contribution in [0.3, 0.4) is 0 Å². The van der Waals surface area contributed by atoms with Crippen LogP contribution in [0.15, 0.2) is 30.6 Å². The van der Waals surface area contributed by atoms with Crippen molar-refractivity contribution in [2.75, 3.05) is 5.73 Å². The van der Waals surface area contributed by atoms with Crippen LogP contribution in [-0.4, -0.2) is 20.4 Å². The Morgan fingerprint density at radius 1 is 1.21 bits per heavy atom. The molecule has 0 saturated heterocycles. The number of pyridine rings is 1. The number of anilines is 1. The zero-order chi connectivity index (χ0) is 19.5. The normalized spacial score (nSPS) is 16.1. The average molecular weight is 380 g/mol. The van der Waals surface area contributed by atoms with Crippen molar-refractivity contribution in [2.45, 2.75) is 57.9 Å². The number of fused-ring (bicyclic) bond motifs is 3. The SMILES string of the molecule is NC(=O)CC(CCCCn1cnc2c(N)nc3ccccc3c21)C1CCCC1. The molecule has 0 radical (unpaired) electrons. The molecule has 1 unspecified atom stereocenters. The summed E-state index contributed by atoms with van der Waals surface area (Å²) in [7, 11) is 0. The van der Waals surface area contributed by atoms with Crippen LogP contribution in [0.5, 0.6) is 0 Å². The first kappa shape index (κ1) is 18.7. The second-order valence-electron chi connectivity index (χ2n) is 8.12. The Kier molecular flexibility index (Phi) is 5.46. The molecule has 1 aliphatic carbocycles. The molecule has 1 amide bonds. The zero-order valence-electron chi connectivity index (χ0n) is 16.3. The van der Waals surface area contributed by atoms with Crippen LogP contribution in [0.1, 0.15) is 51.4 Å². The highest BCUT2D eigenvalue weighted by Crippen LogP contribution is 2.36. The number of nitrogens with zero attached hydrogens (tertiary/aromatic N) is 3. The summed E-state index contributed by atoms with van der Waals surface area (Å²) in [6.45, 7) is 0.887. The molecular formula is C22H29N5O. The Labute approximate surface area is 165 Å². The predicted molar refractivity (Wildman–Crippen MR) is 113 cm³/mol. The number of amides is 1. The summed E-state index contributed by atoms with van der Waals surface area (Å²) in [4.78, 5) is 20.4. The van der Waals surface area contributed by atoms with Crippen LogP contribution in [0, 0.1) is 11.8 Å². The lowest BCUT2D eigenvalue weighted by molar-refractivity contribution is -0.119. The number of hydrogen-bond donors (Lipinski definition) is 2. The van der Waals surface area contributed by atoms with E-state index in [1.807, 2.05) is 24.5 Å². The van der Waals surface area contributed by atoms with Crippen LogP contribution >= 0.6 is 0 Å². The van der Waals surface area contributed by atoms with Gasteiger partial charge in [-0.2, -0.15) is 0 Å². The van der Waals surface area contributed by atoms with E-state index in [4.69, 9.17) is 11.5 Å². The molecule has 2 heterocycles. The number of para-hydroxylation sites is 1. The minimum atomic E-state index is -0.160. The van der Waals surface area contributed by atoms with Crippen molar-refractivity contribution in [3.05, 3.63) is 30.6 Å². The highest BCUT2D eigenvalue weighted by molar-refractivity contribution is 6.06. The Morgan fingerprint density at radius 3 is 2.79 bits per heavy atom. The summed E-state index contributed by atoms with van der Waals surface area (Å²) >= 11 is 0. The molecule has 6 heteroatoms. The molecule has 3 aromatic rings. The molecule has 2 aromatic heterocycles. The standard InChI is InChI=1S/C22H29N5O/c23-19(28)13-16(15-7-1-2-8-15)9-5-6-12-27-14-25-20-21(27)17-10-3-4-11-18(17)26-22(20)24/h3-4,10-11,14-16H,1-2,5-9,12-13H2,(H2,23,28)(H2,24,26). The Morgan fingerprint density at radius 2 is 2.00 bits per heavy atom. The number of imidazole rings is 1. The topological polar surface area (TPSA) is 99.8 Å². The first-order valence-corrected chi connectivity index (χ1v) is 10.4. The number of nitrogen functional groups attached to an aromatic ring is 1. The van der Waals surface area contributed by atoms with Crippen molar-refractivity contribution in [3.8, 4) is 0 Å². The maximum absolute atomic E-state index is 11.5. The summed E-state index contributed by atoms with van der Waals surface area (Å²) < 4.78 is 2.19. The Hall–Kier alpha value is -2.63. The fraction of sp³-hybridized carbons (Fsp3) is 0.500. The fourth-order valence-electron chi connectivity index (χ4n) is 4.86. The van der Waals surface area contributed by atoms with Crippen LogP contribution in [0.2, 0.25) is 0 Å². The van der Waals surface area contributed by atoms with E-state index in [-0.39, 0.29) is 5.91 Å². The van der Waals surface area contributed by atoms with Crippen molar-refractivity contribution in [3.63, 3.8) is 0 Å². The van der Waals surface area contributed by atoms with Gasteiger partial charge in [0.1, 0.15) is 5.52 Å². The number of carbonyl (C=O) groups excluding carboxylic acids is 1. The summed E-state index contributed by atoms with van der Waals surface area (Å²) in [5.41, 5.74) is 14.4. The number of primary amides is 1. The van der Waals surface area contributed by atoms with Gasteiger partial charge in [-0.05, 0) is 30.7 Å². The molecule has 1 aromatic carbocycles. The lowest BCUT2D eigenvalue weighted by atomic mass is 9.84. The van der Waals surface area contributed by atoms with E-state index in [2.05, 4.69) is 20.6 Å². The van der Waals surface area contributed by atoms with Crippen LogP contribution < -0.4 is 11.5 Å². The van der Waals surface area contributed by atoms with Gasteiger partial charge in [-0.1, -0.05) is 50.3 Å². The van der Waals surface area contributed by atoms with E-state index < -0.39 is 0 Å². The van der Waals surface area contributed by atoms with Crippen LogP contribution in [0.4, 0.5) is 5.82 Å². The van der Waals surface area contributed by atoms with E-state index in [0.29, 0.717) is 24.1 Å². The van der Waals surface area contributed by atoms with Gasteiger partial charge in [0.15, 0.2) is 5.82 Å². The molecule has 1 aliphatic rings. The number of aryl methyl sites for hydroxylation is 1. The Bertz CT molecular complexity index is 974. The average Bonchev–Trinajstić information content (AvgIpc) is 3.34. The molecule has 4 N–H and O–H groups in total. The minimum Gasteiger partial charge on any atom is -0.382 e. The van der Waals surface area contributed by atoms with Crippen molar-refractivity contribution in [2.24, 2.45) is 17.6 Å². The zero-order valence-corrected chi connectivity index (χ0v) is 16.3. The third-order valence-corrected chi connectivity index (χ3v) is 6.23. The van der Waals surface area contributed by atoms with Crippen molar-refractivity contribution >= 4 is 33.7 Å². The smallest absolute Gasteiger partial charge is 0.217 e. The second-order valence-corrected chi connectivity index (χ2v) is 8.12. The monoisotopic (exact) mass is 379 g/mol. The summed E-state index contributed by atoms with van der Waals surface area (Å²) in [5.74, 6) is 1.44. The summed E-state index contributed by atoms with van der Waals surface area (Å²) in [6.07, 6.45) is 10.7. The molecule has 1 fully saturated rings. The van der Waals surface area contributed by atoms with Gasteiger partial charge >= 0.3 is 0 Å². The van der Waals surface area contributed by atoms with Gasteiger partial charge in [-0.3, -0.25) is 4.79 Å². The molecule has 148 valence electrons. The summed E-state index contributed by atoms with van der Waals surface area (Å²) in [5, 5.41) is 1.08. The molecule has 28 heavy (non-hydrogen) atoms. The second kappa shape index (κ2) is 8.17. The lowest BCUT2D eigenvalue weighted by Crippen LogP contribution is -2.21. The quantitative estimate of drug-likeness (QED) is 0.577. The predicted octanol–water partition coefficient (Wildman–Crippen LogP) is 4.02. The number of benzene rings is 1. The third-order valence-electron chi connectivity index (χ3n) is 6.23. The number of nitrogens with two attached hydrogens (primary N) is 2. The molecule has 0 spiro atoms. The van der Waals surface area contributed by atoms with E-state index in [0.717, 1.165) is 47.7 Å². The number of unbranched alkanes of at least 4 members (excludes halogenated alkanes) is 1. The van der Waals surface area contributed by atoms with Gasteiger partial charge in [-0.25, -0.2) is 9.97 Å². The largest absolute Gasteiger partial charge is 0.382 e. The van der Waals surface area contributed by atoms with Gasteiger partial charge in [-0.15, -0.1) is 0 Å². The minimum absolute atomic E-state index is 0.160. The van der Waals surface area contributed by atoms with E-state index in [9.17, 15) is 4.79 Å². The van der Waals surface area contributed by atoms with Gasteiger partial charge in [0.2, 0.25) is 5.91 Å². The van der Waals surface area contributed by atoms with E-state index in [1.54, 1.807) is 0 Å². The summed E-state index contributed by atoms with van der Waals surface area (Å²) in [6, 6.07) is 8.06. The van der Waals surface area contributed by atoms with Crippen molar-refractivity contribution in [1.82, 2.24) is 14.5 Å². The van der Waals surface area contributed by atoms with E-state index >= 15 is 0 Å². The molecular weight excluding hydrogens is 350 g/mol. The highest BCUT2D eigenvalue weighted by Gasteiger charge is 2.25. The van der Waals surface area contributed by atoms with Crippen molar-refractivity contribution in [1.29, 1.82) is 0 Å². The van der Waals surface area contributed by atoms with Crippen molar-refractivity contribution < 1.29 is 4.79 Å². The van der Waals surface area contributed by atoms with Gasteiger partial charge in [0.05, 0.1) is 17.4 Å². The molecule has 1 atom stereocenters.